The quantitative estimate of drug-likeness (QED) is 0.773. The zero-order chi connectivity index (χ0) is 15.9. The minimum Gasteiger partial charge on any atom is -0.493 e. The fourth-order valence-electron chi connectivity index (χ4n) is 3.41. The van der Waals surface area contributed by atoms with Crippen LogP contribution < -0.4 is 9.47 Å². The number of nitrogens with zero attached hydrogens (tertiary/aromatic N) is 2. The van der Waals surface area contributed by atoms with Gasteiger partial charge in [-0.1, -0.05) is 26.0 Å². The molecule has 2 rings (SSSR count). The van der Waals surface area contributed by atoms with Gasteiger partial charge in [-0.15, -0.1) is 0 Å². The van der Waals surface area contributed by atoms with Gasteiger partial charge in [0.1, 0.15) is 0 Å². The van der Waals surface area contributed by atoms with Crippen molar-refractivity contribution < 1.29 is 9.47 Å². The molecule has 0 unspecified atom stereocenters. The van der Waals surface area contributed by atoms with Crippen LogP contribution in [0.3, 0.4) is 0 Å². The number of piperazine rings is 1. The third-order valence-corrected chi connectivity index (χ3v) is 4.74. The molecule has 0 bridgehead atoms. The van der Waals surface area contributed by atoms with Gasteiger partial charge in [0.15, 0.2) is 11.5 Å². The molecule has 0 amide bonds. The van der Waals surface area contributed by atoms with Crippen LogP contribution in [0.1, 0.15) is 32.3 Å². The number of rotatable bonds is 7. The molecule has 0 spiro atoms. The lowest BCUT2D eigenvalue weighted by molar-refractivity contribution is 0.0876. The predicted molar refractivity (Wildman–Crippen MR) is 90.8 cm³/mol. The van der Waals surface area contributed by atoms with E-state index in [-0.39, 0.29) is 0 Å². The summed E-state index contributed by atoms with van der Waals surface area (Å²) in [7, 11) is 3.41. The Morgan fingerprint density at radius 1 is 1.00 bits per heavy atom. The molecule has 1 aromatic rings. The zero-order valence-corrected chi connectivity index (χ0v) is 14.5. The number of hydrogen-bond acceptors (Lipinski definition) is 4. The Bertz CT molecular complexity index is 452. The molecule has 0 atom stereocenters. The maximum absolute atomic E-state index is 5.54. The van der Waals surface area contributed by atoms with Crippen LogP contribution in [-0.2, 0) is 6.54 Å². The van der Waals surface area contributed by atoms with E-state index in [0.717, 1.165) is 37.2 Å². The van der Waals surface area contributed by atoms with Gasteiger partial charge in [-0.2, -0.15) is 0 Å². The monoisotopic (exact) mass is 306 g/mol. The maximum atomic E-state index is 5.54. The van der Waals surface area contributed by atoms with Crippen molar-refractivity contribution in [1.82, 2.24) is 9.80 Å². The Morgan fingerprint density at radius 2 is 1.68 bits per heavy atom. The molecule has 22 heavy (non-hydrogen) atoms. The number of para-hydroxylation sites is 1. The lowest BCUT2D eigenvalue weighted by Gasteiger charge is -2.39. The van der Waals surface area contributed by atoms with Crippen molar-refractivity contribution >= 4 is 0 Å². The van der Waals surface area contributed by atoms with Gasteiger partial charge in [0.25, 0.3) is 0 Å². The van der Waals surface area contributed by atoms with Crippen molar-refractivity contribution in [3.8, 4) is 11.5 Å². The van der Waals surface area contributed by atoms with Crippen molar-refractivity contribution in [1.29, 1.82) is 0 Å². The molecule has 1 saturated heterocycles. The average molecular weight is 306 g/mol. The number of ether oxygens (including phenoxy) is 2. The molecular weight excluding hydrogens is 276 g/mol. The minimum atomic E-state index is 0.744. The van der Waals surface area contributed by atoms with E-state index < -0.39 is 0 Å². The van der Waals surface area contributed by atoms with Crippen molar-refractivity contribution in [3.63, 3.8) is 0 Å². The maximum Gasteiger partial charge on any atom is 0.165 e. The molecule has 1 heterocycles. The SMILES string of the molecule is CCC(CC)N1CCN(Cc2cccc(OC)c2OC)CC1. The average Bonchev–Trinajstić information content (AvgIpc) is 2.57. The lowest BCUT2D eigenvalue weighted by atomic mass is 10.1. The van der Waals surface area contributed by atoms with E-state index in [9.17, 15) is 0 Å². The molecule has 1 aromatic carbocycles. The molecule has 4 heteroatoms. The van der Waals surface area contributed by atoms with E-state index in [0.29, 0.717) is 0 Å². The molecule has 0 N–H and O–H groups in total. The summed E-state index contributed by atoms with van der Waals surface area (Å²) in [6.45, 7) is 10.1. The molecule has 0 aliphatic carbocycles. The van der Waals surface area contributed by atoms with Crippen LogP contribution >= 0.6 is 0 Å². The second-order valence-electron chi connectivity index (χ2n) is 5.94. The van der Waals surface area contributed by atoms with Gasteiger partial charge >= 0.3 is 0 Å². The van der Waals surface area contributed by atoms with Gasteiger partial charge in [-0.3, -0.25) is 9.80 Å². The molecule has 0 aromatic heterocycles. The van der Waals surface area contributed by atoms with Crippen LogP contribution in [0.5, 0.6) is 11.5 Å². The van der Waals surface area contributed by atoms with Crippen LogP contribution in [0.15, 0.2) is 18.2 Å². The molecule has 0 saturated carbocycles. The van der Waals surface area contributed by atoms with Crippen molar-refractivity contribution in [3.05, 3.63) is 23.8 Å². The fraction of sp³-hybridized carbons (Fsp3) is 0.667. The van der Waals surface area contributed by atoms with Crippen molar-refractivity contribution in [2.75, 3.05) is 40.4 Å². The first-order valence-corrected chi connectivity index (χ1v) is 8.39. The van der Waals surface area contributed by atoms with Crippen LogP contribution in [0.4, 0.5) is 0 Å². The lowest BCUT2D eigenvalue weighted by Crippen LogP contribution is -2.49. The van der Waals surface area contributed by atoms with Crippen molar-refractivity contribution in [2.24, 2.45) is 0 Å². The summed E-state index contributed by atoms with van der Waals surface area (Å²) in [5.41, 5.74) is 1.21. The number of benzene rings is 1. The molecule has 124 valence electrons. The fourth-order valence-corrected chi connectivity index (χ4v) is 3.41. The highest BCUT2D eigenvalue weighted by molar-refractivity contribution is 5.46. The summed E-state index contributed by atoms with van der Waals surface area (Å²) in [6.07, 6.45) is 2.50. The van der Waals surface area contributed by atoms with E-state index in [1.54, 1.807) is 14.2 Å². The zero-order valence-electron chi connectivity index (χ0n) is 14.5. The van der Waals surface area contributed by atoms with Crippen LogP contribution in [0.25, 0.3) is 0 Å². The third kappa shape index (κ3) is 3.93. The summed E-state index contributed by atoms with van der Waals surface area (Å²) < 4.78 is 10.9. The molecule has 0 radical (unpaired) electrons. The van der Waals surface area contributed by atoms with Crippen LogP contribution in [0, 0.1) is 0 Å². The molecule has 1 aliphatic rings. The Balaban J connectivity index is 1.96. The Hall–Kier alpha value is -1.26. The molecule has 4 nitrogen and oxygen atoms in total. The standard InChI is InChI=1S/C18H30N2O2/c1-5-16(6-2)20-12-10-19(11-13-20)14-15-8-7-9-17(21-3)18(15)22-4/h7-9,16H,5-6,10-14H2,1-4H3. The van der Waals surface area contributed by atoms with Gasteiger partial charge in [-0.25, -0.2) is 0 Å². The van der Waals surface area contributed by atoms with E-state index in [4.69, 9.17) is 9.47 Å². The number of hydrogen-bond donors (Lipinski definition) is 0. The predicted octanol–water partition coefficient (Wildman–Crippen LogP) is 3.01. The minimum absolute atomic E-state index is 0.744. The van der Waals surface area contributed by atoms with E-state index in [1.165, 1.54) is 31.5 Å². The van der Waals surface area contributed by atoms with Gasteiger partial charge in [0.05, 0.1) is 14.2 Å². The number of methoxy groups -OCH3 is 2. The second kappa shape index (κ2) is 8.39. The Morgan fingerprint density at radius 3 is 2.23 bits per heavy atom. The highest BCUT2D eigenvalue weighted by Gasteiger charge is 2.22. The third-order valence-electron chi connectivity index (χ3n) is 4.74. The largest absolute Gasteiger partial charge is 0.493 e. The molecule has 1 aliphatic heterocycles. The highest BCUT2D eigenvalue weighted by Crippen LogP contribution is 2.31. The summed E-state index contributed by atoms with van der Waals surface area (Å²) in [5.74, 6) is 1.68. The normalized spacial score (nSPS) is 17.0. The summed E-state index contributed by atoms with van der Waals surface area (Å²) in [5, 5.41) is 0. The first-order valence-electron chi connectivity index (χ1n) is 8.39. The highest BCUT2D eigenvalue weighted by atomic mass is 16.5. The van der Waals surface area contributed by atoms with E-state index in [1.807, 2.05) is 12.1 Å². The van der Waals surface area contributed by atoms with Gasteiger partial charge in [-0.05, 0) is 18.9 Å². The van der Waals surface area contributed by atoms with Crippen LogP contribution in [0.2, 0.25) is 0 Å². The van der Waals surface area contributed by atoms with Gasteiger partial charge in [0, 0.05) is 44.3 Å². The molecule has 1 fully saturated rings. The van der Waals surface area contributed by atoms with Crippen molar-refractivity contribution in [2.45, 2.75) is 39.3 Å². The summed E-state index contributed by atoms with van der Waals surface area (Å²) in [6, 6.07) is 6.87. The van der Waals surface area contributed by atoms with Gasteiger partial charge in [0.2, 0.25) is 0 Å². The first-order chi connectivity index (χ1) is 10.7. The van der Waals surface area contributed by atoms with Crippen LogP contribution in [-0.4, -0.2) is 56.2 Å². The second-order valence-corrected chi connectivity index (χ2v) is 5.94. The van der Waals surface area contributed by atoms with E-state index >= 15 is 0 Å². The topological polar surface area (TPSA) is 24.9 Å². The Kier molecular flexibility index (Phi) is 6.52. The summed E-state index contributed by atoms with van der Waals surface area (Å²) in [4.78, 5) is 5.15. The van der Waals surface area contributed by atoms with Gasteiger partial charge < -0.3 is 9.47 Å². The summed E-state index contributed by atoms with van der Waals surface area (Å²) >= 11 is 0. The first kappa shape index (κ1) is 17.1. The smallest absolute Gasteiger partial charge is 0.165 e. The van der Waals surface area contributed by atoms with E-state index in [2.05, 4.69) is 29.7 Å². The molecular formula is C18H30N2O2. The Labute approximate surface area is 135 Å².